The van der Waals surface area contributed by atoms with Gasteiger partial charge in [0, 0.05) is 19.8 Å². The van der Waals surface area contributed by atoms with E-state index in [1.807, 2.05) is 0 Å². The second kappa shape index (κ2) is 6.91. The number of benzene rings is 1. The van der Waals surface area contributed by atoms with Gasteiger partial charge >= 0.3 is 0 Å². The lowest BCUT2D eigenvalue weighted by atomic mass is 10.3. The van der Waals surface area contributed by atoms with Crippen molar-refractivity contribution in [1.82, 2.24) is 4.72 Å². The zero-order valence-corrected chi connectivity index (χ0v) is 13.0. The van der Waals surface area contributed by atoms with Crippen LogP contribution in [-0.2, 0) is 14.8 Å². The van der Waals surface area contributed by atoms with Crippen LogP contribution in [0.4, 0.5) is 10.1 Å². The van der Waals surface area contributed by atoms with Crippen LogP contribution >= 0.6 is 11.6 Å². The van der Waals surface area contributed by atoms with E-state index in [-0.39, 0.29) is 22.2 Å². The third-order valence-corrected chi connectivity index (χ3v) is 5.07. The summed E-state index contributed by atoms with van der Waals surface area (Å²) < 4.78 is 45.1. The molecule has 5 nitrogen and oxygen atoms in total. The lowest BCUT2D eigenvalue weighted by Gasteiger charge is -2.10. The summed E-state index contributed by atoms with van der Waals surface area (Å²) in [6, 6.07) is 1.91. The Kier molecular flexibility index (Phi) is 5.43. The SMILES string of the molecule is Nc1cc(S(=O)(=O)NCCCOCC2CC2)c(Cl)cc1F. The molecule has 1 aromatic rings. The smallest absolute Gasteiger partial charge is 0.242 e. The lowest BCUT2D eigenvalue weighted by Crippen LogP contribution is -2.26. The van der Waals surface area contributed by atoms with Crippen molar-refractivity contribution in [3.63, 3.8) is 0 Å². The van der Waals surface area contributed by atoms with Crippen LogP contribution in [0.15, 0.2) is 17.0 Å². The fourth-order valence-electron chi connectivity index (χ4n) is 1.74. The number of nitrogens with two attached hydrogens (primary N) is 1. The van der Waals surface area contributed by atoms with Crippen molar-refractivity contribution in [2.45, 2.75) is 24.2 Å². The predicted octanol–water partition coefficient (Wildman–Crippen LogP) is 2.16. The number of anilines is 1. The predicted molar refractivity (Wildman–Crippen MR) is 79.2 cm³/mol. The average Bonchev–Trinajstić information content (AvgIpc) is 3.22. The first-order valence-corrected chi connectivity index (χ1v) is 8.58. The minimum atomic E-state index is -3.81. The van der Waals surface area contributed by atoms with Gasteiger partial charge in [-0.05, 0) is 37.3 Å². The van der Waals surface area contributed by atoms with Crippen molar-refractivity contribution in [1.29, 1.82) is 0 Å². The van der Waals surface area contributed by atoms with Crippen LogP contribution in [0.25, 0.3) is 0 Å². The molecule has 1 aromatic carbocycles. The first-order chi connectivity index (χ1) is 9.90. The Hall–Kier alpha value is -0.890. The summed E-state index contributed by atoms with van der Waals surface area (Å²) >= 11 is 5.75. The van der Waals surface area contributed by atoms with Gasteiger partial charge in [-0.3, -0.25) is 0 Å². The summed E-state index contributed by atoms with van der Waals surface area (Å²) in [4.78, 5) is -0.220. The molecule has 0 unspecified atom stereocenters. The first-order valence-electron chi connectivity index (χ1n) is 6.72. The standard InChI is InChI=1S/C13H18ClFN2O3S/c14-10-6-11(15)12(16)7-13(10)21(18,19)17-4-1-5-20-8-9-2-3-9/h6-7,9,17H,1-5,8,16H2. The molecule has 0 saturated heterocycles. The zero-order chi connectivity index (χ0) is 15.5. The number of nitrogen functional groups attached to an aromatic ring is 1. The molecule has 2 rings (SSSR count). The molecular formula is C13H18ClFN2O3S. The molecule has 0 bridgehead atoms. The van der Waals surface area contributed by atoms with Crippen molar-refractivity contribution < 1.29 is 17.5 Å². The molecule has 1 aliphatic rings. The Morgan fingerprint density at radius 2 is 2.14 bits per heavy atom. The van der Waals surface area contributed by atoms with Gasteiger partial charge in [0.1, 0.15) is 10.7 Å². The number of halogens is 2. The maximum Gasteiger partial charge on any atom is 0.242 e. The molecular weight excluding hydrogens is 319 g/mol. The van der Waals surface area contributed by atoms with Crippen molar-refractivity contribution in [2.75, 3.05) is 25.5 Å². The highest BCUT2D eigenvalue weighted by molar-refractivity contribution is 7.89. The van der Waals surface area contributed by atoms with Gasteiger partial charge in [-0.2, -0.15) is 0 Å². The van der Waals surface area contributed by atoms with E-state index in [1.54, 1.807) is 0 Å². The number of sulfonamides is 1. The van der Waals surface area contributed by atoms with Gasteiger partial charge in [-0.1, -0.05) is 11.6 Å². The number of rotatable bonds is 8. The van der Waals surface area contributed by atoms with Gasteiger partial charge in [-0.25, -0.2) is 17.5 Å². The summed E-state index contributed by atoms with van der Waals surface area (Å²) in [5.74, 6) is -0.0601. The van der Waals surface area contributed by atoms with Crippen molar-refractivity contribution in [2.24, 2.45) is 5.92 Å². The molecule has 8 heteroatoms. The van der Waals surface area contributed by atoms with Gasteiger partial charge in [-0.15, -0.1) is 0 Å². The highest BCUT2D eigenvalue weighted by Gasteiger charge is 2.21. The molecule has 1 saturated carbocycles. The molecule has 118 valence electrons. The second-order valence-electron chi connectivity index (χ2n) is 5.07. The maximum absolute atomic E-state index is 13.2. The fourth-order valence-corrected chi connectivity index (χ4v) is 3.37. The summed E-state index contributed by atoms with van der Waals surface area (Å²) in [5, 5.41) is -0.195. The van der Waals surface area contributed by atoms with Gasteiger partial charge in [0.15, 0.2) is 0 Å². The molecule has 1 aliphatic carbocycles. The van der Waals surface area contributed by atoms with Gasteiger partial charge in [0.25, 0.3) is 0 Å². The van der Waals surface area contributed by atoms with E-state index in [0.29, 0.717) is 18.9 Å². The molecule has 0 atom stereocenters. The topological polar surface area (TPSA) is 81.4 Å². The van der Waals surface area contributed by atoms with E-state index in [9.17, 15) is 12.8 Å². The fraction of sp³-hybridized carbons (Fsp3) is 0.538. The van der Waals surface area contributed by atoms with Gasteiger partial charge < -0.3 is 10.5 Å². The van der Waals surface area contributed by atoms with E-state index in [2.05, 4.69) is 4.72 Å². The Morgan fingerprint density at radius 3 is 2.81 bits per heavy atom. The molecule has 0 heterocycles. The third-order valence-electron chi connectivity index (χ3n) is 3.15. The first kappa shape index (κ1) is 16.5. The summed E-state index contributed by atoms with van der Waals surface area (Å²) in [6.07, 6.45) is 2.99. The van der Waals surface area contributed by atoms with Gasteiger partial charge in [0.2, 0.25) is 10.0 Å². The van der Waals surface area contributed by atoms with Crippen LogP contribution in [0.3, 0.4) is 0 Å². The van der Waals surface area contributed by atoms with E-state index in [1.165, 1.54) is 12.8 Å². The molecule has 0 radical (unpaired) electrons. The summed E-state index contributed by atoms with van der Waals surface area (Å²) in [7, 11) is -3.81. The van der Waals surface area contributed by atoms with Gasteiger partial charge in [0.05, 0.1) is 10.7 Å². The minimum Gasteiger partial charge on any atom is -0.396 e. The zero-order valence-electron chi connectivity index (χ0n) is 11.4. The molecule has 0 amide bonds. The normalized spacial score (nSPS) is 15.3. The summed E-state index contributed by atoms with van der Waals surface area (Å²) in [6.45, 7) is 1.46. The molecule has 0 spiro atoms. The van der Waals surface area contributed by atoms with E-state index < -0.39 is 15.8 Å². The summed E-state index contributed by atoms with van der Waals surface area (Å²) in [5.41, 5.74) is 5.11. The Labute approximate surface area is 128 Å². The van der Waals surface area contributed by atoms with Crippen LogP contribution in [0.5, 0.6) is 0 Å². The van der Waals surface area contributed by atoms with Crippen molar-refractivity contribution in [3.8, 4) is 0 Å². The highest BCUT2D eigenvalue weighted by Crippen LogP contribution is 2.28. The number of nitrogens with one attached hydrogen (secondary N) is 1. The van der Waals surface area contributed by atoms with Crippen LogP contribution in [0.2, 0.25) is 5.02 Å². The Bertz CT molecular complexity index is 606. The monoisotopic (exact) mass is 336 g/mol. The van der Waals surface area contributed by atoms with E-state index >= 15 is 0 Å². The number of hydrogen-bond acceptors (Lipinski definition) is 4. The molecule has 0 aliphatic heterocycles. The van der Waals surface area contributed by atoms with Crippen LogP contribution in [0, 0.1) is 11.7 Å². The van der Waals surface area contributed by atoms with Crippen LogP contribution < -0.4 is 10.5 Å². The van der Waals surface area contributed by atoms with Crippen molar-refractivity contribution >= 4 is 27.3 Å². The molecule has 1 fully saturated rings. The van der Waals surface area contributed by atoms with Crippen LogP contribution in [0.1, 0.15) is 19.3 Å². The molecule has 0 aromatic heterocycles. The Morgan fingerprint density at radius 1 is 1.43 bits per heavy atom. The minimum absolute atomic E-state index is 0.195. The van der Waals surface area contributed by atoms with Crippen LogP contribution in [-0.4, -0.2) is 28.2 Å². The highest BCUT2D eigenvalue weighted by atomic mass is 35.5. The lowest BCUT2D eigenvalue weighted by molar-refractivity contribution is 0.123. The van der Waals surface area contributed by atoms with E-state index in [4.69, 9.17) is 22.1 Å². The maximum atomic E-state index is 13.2. The third kappa shape index (κ3) is 4.81. The average molecular weight is 337 g/mol. The Balaban J connectivity index is 1.84. The number of ether oxygens (including phenoxy) is 1. The molecule has 21 heavy (non-hydrogen) atoms. The molecule has 3 N–H and O–H groups in total. The van der Waals surface area contributed by atoms with Crippen molar-refractivity contribution in [3.05, 3.63) is 23.0 Å². The second-order valence-corrected chi connectivity index (χ2v) is 7.22. The van der Waals surface area contributed by atoms with E-state index in [0.717, 1.165) is 18.7 Å². The largest absolute Gasteiger partial charge is 0.396 e. The quantitative estimate of drug-likeness (QED) is 0.563. The number of hydrogen-bond donors (Lipinski definition) is 2.